The number of hydrogen-bond acceptors (Lipinski definition) is 5. The van der Waals surface area contributed by atoms with Crippen molar-refractivity contribution in [1.29, 1.82) is 5.26 Å². The van der Waals surface area contributed by atoms with Gasteiger partial charge in [0.1, 0.15) is 5.03 Å². The molecular weight excluding hydrogens is 208 g/mol. The van der Waals surface area contributed by atoms with E-state index in [1.54, 1.807) is 12.1 Å². The van der Waals surface area contributed by atoms with Crippen molar-refractivity contribution in [1.82, 2.24) is 5.43 Å². The van der Waals surface area contributed by atoms with Gasteiger partial charge in [-0.1, -0.05) is 11.8 Å². The summed E-state index contributed by atoms with van der Waals surface area (Å²) in [6.07, 6.45) is 1.53. The van der Waals surface area contributed by atoms with Crippen molar-refractivity contribution in [2.75, 3.05) is 0 Å². The van der Waals surface area contributed by atoms with Crippen LogP contribution in [0.15, 0.2) is 45.4 Å². The maximum absolute atomic E-state index is 8.62. The predicted octanol–water partition coefficient (Wildman–Crippen LogP) is 1.61. The Morgan fingerprint density at radius 1 is 1.53 bits per heavy atom. The molecule has 0 heterocycles. The van der Waals surface area contributed by atoms with Gasteiger partial charge in [0.15, 0.2) is 0 Å². The topological polar surface area (TPSA) is 74.2 Å². The quantitative estimate of drug-likeness (QED) is 0.348. The van der Waals surface area contributed by atoms with Crippen LogP contribution in [0, 0.1) is 11.3 Å². The summed E-state index contributed by atoms with van der Waals surface area (Å²) in [4.78, 5) is 4.58. The van der Waals surface area contributed by atoms with E-state index in [2.05, 4.69) is 23.2 Å². The van der Waals surface area contributed by atoms with Crippen molar-refractivity contribution in [3.8, 4) is 6.07 Å². The lowest BCUT2D eigenvalue weighted by Gasteiger charge is -2.04. The number of hydrogen-bond donors (Lipinski definition) is 2. The second-order valence-electron chi connectivity index (χ2n) is 2.56. The predicted molar refractivity (Wildman–Crippen MR) is 62.0 cm³/mol. The van der Waals surface area contributed by atoms with Gasteiger partial charge in [-0.05, 0) is 31.0 Å². The number of nitrogens with two attached hydrogens (primary N) is 1. The van der Waals surface area contributed by atoms with E-state index in [9.17, 15) is 0 Å². The first-order valence-electron chi connectivity index (χ1n) is 4.10. The summed E-state index contributed by atoms with van der Waals surface area (Å²) in [6.45, 7) is 3.34. The van der Waals surface area contributed by atoms with Crippen LogP contribution in [-0.2, 0) is 0 Å². The first kappa shape index (κ1) is 11.3. The average molecular weight is 218 g/mol. The summed E-state index contributed by atoms with van der Waals surface area (Å²) in [5.74, 6) is 5.28. The standard InChI is InChI=1S/C10H10N4S/c1-13-7-10(14-12)15-9-4-2-8(6-11)3-5-9/h2-5,7,14H,1,12H2/b10-7+. The fraction of sp³-hybridized carbons (Fsp3) is 0. The SMILES string of the molecule is C=N/C=C(\NN)Sc1ccc(C#N)cc1. The van der Waals surface area contributed by atoms with E-state index in [-0.39, 0.29) is 0 Å². The highest BCUT2D eigenvalue weighted by Gasteiger charge is 1.98. The molecule has 0 saturated carbocycles. The third kappa shape index (κ3) is 3.46. The number of nitrogens with zero attached hydrogens (tertiary/aromatic N) is 2. The Morgan fingerprint density at radius 2 is 2.20 bits per heavy atom. The molecule has 0 aliphatic rings. The number of thioether (sulfide) groups is 1. The largest absolute Gasteiger partial charge is 0.317 e. The van der Waals surface area contributed by atoms with E-state index in [1.807, 2.05) is 12.1 Å². The van der Waals surface area contributed by atoms with Crippen LogP contribution in [0.3, 0.4) is 0 Å². The summed E-state index contributed by atoms with van der Waals surface area (Å²) in [5.41, 5.74) is 3.14. The highest BCUT2D eigenvalue weighted by Crippen LogP contribution is 2.24. The van der Waals surface area contributed by atoms with Gasteiger partial charge in [0.05, 0.1) is 17.8 Å². The zero-order valence-electron chi connectivity index (χ0n) is 7.97. The first-order valence-corrected chi connectivity index (χ1v) is 4.92. The number of benzene rings is 1. The molecule has 15 heavy (non-hydrogen) atoms. The van der Waals surface area contributed by atoms with E-state index in [1.165, 1.54) is 18.0 Å². The lowest BCUT2D eigenvalue weighted by atomic mass is 10.2. The van der Waals surface area contributed by atoms with E-state index >= 15 is 0 Å². The highest BCUT2D eigenvalue weighted by molar-refractivity contribution is 8.03. The minimum absolute atomic E-state index is 0.632. The van der Waals surface area contributed by atoms with Gasteiger partial charge in [-0.3, -0.25) is 4.99 Å². The molecule has 1 aromatic carbocycles. The minimum atomic E-state index is 0.632. The van der Waals surface area contributed by atoms with Gasteiger partial charge in [0, 0.05) is 4.90 Å². The maximum atomic E-state index is 8.62. The molecule has 0 aromatic heterocycles. The number of hydrazine groups is 1. The summed E-state index contributed by atoms with van der Waals surface area (Å²) in [5, 5.41) is 9.31. The number of nitriles is 1. The second-order valence-corrected chi connectivity index (χ2v) is 3.67. The van der Waals surface area contributed by atoms with Crippen molar-refractivity contribution in [3.05, 3.63) is 41.1 Å². The molecule has 4 nitrogen and oxygen atoms in total. The van der Waals surface area contributed by atoms with E-state index in [0.29, 0.717) is 10.6 Å². The van der Waals surface area contributed by atoms with Crippen LogP contribution in [0.25, 0.3) is 0 Å². The van der Waals surface area contributed by atoms with Crippen LogP contribution < -0.4 is 11.3 Å². The van der Waals surface area contributed by atoms with Gasteiger partial charge in [-0.2, -0.15) is 5.26 Å². The molecule has 76 valence electrons. The zero-order valence-corrected chi connectivity index (χ0v) is 8.79. The normalized spacial score (nSPS) is 10.5. The second kappa shape index (κ2) is 5.86. The molecule has 3 N–H and O–H groups in total. The van der Waals surface area contributed by atoms with Crippen LogP contribution in [0.4, 0.5) is 0 Å². The average Bonchev–Trinajstić information content (AvgIpc) is 2.29. The van der Waals surface area contributed by atoms with E-state index < -0.39 is 0 Å². The molecule has 1 aromatic rings. The fourth-order valence-electron chi connectivity index (χ4n) is 0.900. The Kier molecular flexibility index (Phi) is 4.41. The maximum Gasteiger partial charge on any atom is 0.106 e. The van der Waals surface area contributed by atoms with Crippen molar-refractivity contribution in [2.24, 2.45) is 10.8 Å². The van der Waals surface area contributed by atoms with Crippen LogP contribution in [0.1, 0.15) is 5.56 Å². The molecule has 0 fully saturated rings. The summed E-state index contributed by atoms with van der Waals surface area (Å²) in [6, 6.07) is 9.24. The van der Waals surface area contributed by atoms with Crippen LogP contribution >= 0.6 is 11.8 Å². The molecule has 0 amide bonds. The molecule has 0 saturated heterocycles. The Morgan fingerprint density at radius 3 is 2.67 bits per heavy atom. The summed E-state index contributed by atoms with van der Waals surface area (Å²) < 4.78 is 0. The third-order valence-electron chi connectivity index (χ3n) is 1.56. The number of aliphatic imine (C=N–C) groups is 1. The lowest BCUT2D eigenvalue weighted by molar-refractivity contribution is 0.944. The van der Waals surface area contributed by atoms with E-state index in [0.717, 1.165) is 4.90 Å². The molecule has 1 rings (SSSR count). The lowest BCUT2D eigenvalue weighted by Crippen LogP contribution is -2.18. The molecule has 0 spiro atoms. The molecule has 0 atom stereocenters. The van der Waals surface area contributed by atoms with Crippen molar-refractivity contribution < 1.29 is 0 Å². The van der Waals surface area contributed by atoms with Crippen molar-refractivity contribution >= 4 is 18.5 Å². The Labute approximate surface area is 92.5 Å². The third-order valence-corrected chi connectivity index (χ3v) is 2.51. The number of rotatable bonds is 4. The molecule has 0 aliphatic carbocycles. The minimum Gasteiger partial charge on any atom is -0.317 e. The first-order chi connectivity index (χ1) is 7.30. The Hall–Kier alpha value is -1.77. The zero-order chi connectivity index (χ0) is 11.1. The Balaban J connectivity index is 2.77. The van der Waals surface area contributed by atoms with Crippen LogP contribution in [0.5, 0.6) is 0 Å². The van der Waals surface area contributed by atoms with Gasteiger partial charge >= 0.3 is 0 Å². The monoisotopic (exact) mass is 218 g/mol. The molecule has 5 heteroatoms. The highest BCUT2D eigenvalue weighted by atomic mass is 32.2. The van der Waals surface area contributed by atoms with Crippen molar-refractivity contribution in [3.63, 3.8) is 0 Å². The summed E-state index contributed by atoms with van der Waals surface area (Å²) >= 11 is 1.41. The number of nitrogens with one attached hydrogen (secondary N) is 1. The van der Waals surface area contributed by atoms with Crippen LogP contribution in [0.2, 0.25) is 0 Å². The molecule has 0 bridgehead atoms. The molecule has 0 radical (unpaired) electrons. The van der Waals surface area contributed by atoms with Gasteiger partial charge in [0.25, 0.3) is 0 Å². The summed E-state index contributed by atoms with van der Waals surface area (Å²) in [7, 11) is 0. The molecular formula is C10H10N4S. The van der Waals surface area contributed by atoms with E-state index in [4.69, 9.17) is 11.1 Å². The fourth-order valence-corrected chi connectivity index (χ4v) is 1.61. The van der Waals surface area contributed by atoms with Crippen molar-refractivity contribution in [2.45, 2.75) is 4.90 Å². The van der Waals surface area contributed by atoms with Gasteiger partial charge < -0.3 is 5.43 Å². The smallest absolute Gasteiger partial charge is 0.106 e. The van der Waals surface area contributed by atoms with Gasteiger partial charge in [-0.15, -0.1) is 0 Å². The van der Waals surface area contributed by atoms with Gasteiger partial charge in [0.2, 0.25) is 0 Å². The van der Waals surface area contributed by atoms with Gasteiger partial charge in [-0.25, -0.2) is 5.84 Å². The molecule has 0 unspecified atom stereocenters. The van der Waals surface area contributed by atoms with Crippen LogP contribution in [-0.4, -0.2) is 6.72 Å². The molecule has 0 aliphatic heterocycles. The Bertz CT molecular complexity index is 402.